The van der Waals surface area contributed by atoms with Gasteiger partial charge in [0.2, 0.25) is 0 Å². The number of ether oxygens (including phenoxy) is 1. The molecule has 0 radical (unpaired) electrons. The van der Waals surface area contributed by atoms with Crippen LogP contribution in [-0.4, -0.2) is 26.0 Å². The summed E-state index contributed by atoms with van der Waals surface area (Å²) in [6.45, 7) is 6.26. The predicted octanol–water partition coefficient (Wildman–Crippen LogP) is 4.44. The minimum Gasteiger partial charge on any atom is -0.497 e. The van der Waals surface area contributed by atoms with Crippen LogP contribution in [0.3, 0.4) is 0 Å². The van der Waals surface area contributed by atoms with E-state index in [0.29, 0.717) is 11.3 Å². The highest BCUT2D eigenvalue weighted by Crippen LogP contribution is 2.17. The number of nitrogens with zero attached hydrogens (tertiary/aromatic N) is 1. The Morgan fingerprint density at radius 1 is 1.09 bits per heavy atom. The Morgan fingerprint density at radius 2 is 1.78 bits per heavy atom. The monoisotopic (exact) mass is 309 g/mol. The van der Waals surface area contributed by atoms with Gasteiger partial charge in [0, 0.05) is 24.3 Å². The zero-order chi connectivity index (χ0) is 16.7. The molecule has 0 aromatic heterocycles. The summed E-state index contributed by atoms with van der Waals surface area (Å²) < 4.78 is 5.14. The van der Waals surface area contributed by atoms with E-state index in [0.717, 1.165) is 18.7 Å². The molecule has 0 aliphatic heterocycles. The zero-order valence-electron chi connectivity index (χ0n) is 14.0. The Bertz CT molecular complexity index is 670. The van der Waals surface area contributed by atoms with Crippen molar-refractivity contribution in [2.45, 2.75) is 13.8 Å². The number of hydrogen-bond donors (Lipinski definition) is 0. The van der Waals surface area contributed by atoms with Crippen LogP contribution in [0, 0.1) is 0 Å². The van der Waals surface area contributed by atoms with Gasteiger partial charge in [-0.25, -0.2) is 0 Å². The number of carbonyl (C=O) groups excluding carboxylic acids is 1. The molecule has 23 heavy (non-hydrogen) atoms. The topological polar surface area (TPSA) is 29.5 Å². The summed E-state index contributed by atoms with van der Waals surface area (Å²) in [5, 5.41) is 0. The summed E-state index contributed by atoms with van der Waals surface area (Å²) >= 11 is 0. The maximum absolute atomic E-state index is 12.2. The van der Waals surface area contributed by atoms with Crippen LogP contribution in [0.15, 0.2) is 54.6 Å². The van der Waals surface area contributed by atoms with E-state index in [2.05, 4.69) is 30.9 Å². The Kier molecular flexibility index (Phi) is 5.98. The largest absolute Gasteiger partial charge is 0.497 e. The van der Waals surface area contributed by atoms with Gasteiger partial charge in [-0.3, -0.25) is 4.79 Å². The lowest BCUT2D eigenvalue weighted by Crippen LogP contribution is -2.21. The van der Waals surface area contributed by atoms with E-state index >= 15 is 0 Å². The zero-order valence-corrected chi connectivity index (χ0v) is 14.0. The third kappa shape index (κ3) is 4.46. The van der Waals surface area contributed by atoms with Crippen molar-refractivity contribution in [1.82, 2.24) is 0 Å². The molecule has 0 fully saturated rings. The van der Waals surface area contributed by atoms with Crippen LogP contribution in [0.4, 0.5) is 5.69 Å². The minimum absolute atomic E-state index is 0.0308. The first-order valence-corrected chi connectivity index (χ1v) is 7.89. The highest BCUT2D eigenvalue weighted by molar-refractivity contribution is 6.07. The highest BCUT2D eigenvalue weighted by Gasteiger charge is 2.03. The molecule has 2 aromatic rings. The van der Waals surface area contributed by atoms with Crippen LogP contribution in [0.25, 0.3) is 6.08 Å². The van der Waals surface area contributed by atoms with Crippen molar-refractivity contribution in [1.29, 1.82) is 0 Å². The first-order valence-electron chi connectivity index (χ1n) is 7.89. The van der Waals surface area contributed by atoms with Crippen LogP contribution < -0.4 is 9.64 Å². The number of benzene rings is 2. The molecular formula is C20H23NO2. The molecule has 0 aliphatic carbocycles. The number of methoxy groups -OCH3 is 1. The second kappa shape index (κ2) is 8.18. The summed E-state index contributed by atoms with van der Waals surface area (Å²) in [4.78, 5) is 14.5. The van der Waals surface area contributed by atoms with E-state index in [4.69, 9.17) is 4.74 Å². The third-order valence-electron chi connectivity index (χ3n) is 3.80. The molecule has 0 spiro atoms. The lowest BCUT2D eigenvalue weighted by Gasteiger charge is -2.20. The molecule has 0 unspecified atom stereocenters. The molecule has 2 rings (SSSR count). The van der Waals surface area contributed by atoms with Gasteiger partial charge in [0.15, 0.2) is 5.78 Å². The van der Waals surface area contributed by atoms with E-state index in [1.54, 1.807) is 25.3 Å². The molecule has 0 saturated heterocycles. The standard InChI is InChI=1S/C20H23NO2/c1-4-21(5-2)18-12-9-16(10-13-18)11-14-20(22)17-7-6-8-19(15-17)23-3/h6-15H,4-5H2,1-3H3/b14-11+. The Balaban J connectivity index is 2.08. The van der Waals surface area contributed by atoms with E-state index in [1.807, 2.05) is 30.3 Å². The summed E-state index contributed by atoms with van der Waals surface area (Å²) in [6.07, 6.45) is 3.44. The van der Waals surface area contributed by atoms with Crippen molar-refractivity contribution in [3.8, 4) is 5.75 Å². The normalized spacial score (nSPS) is 10.7. The lowest BCUT2D eigenvalue weighted by atomic mass is 10.1. The molecule has 0 N–H and O–H groups in total. The van der Waals surface area contributed by atoms with Crippen molar-refractivity contribution in [3.63, 3.8) is 0 Å². The average Bonchev–Trinajstić information content (AvgIpc) is 2.61. The maximum atomic E-state index is 12.2. The van der Waals surface area contributed by atoms with Crippen LogP contribution >= 0.6 is 0 Å². The van der Waals surface area contributed by atoms with Crippen LogP contribution in [0.5, 0.6) is 5.75 Å². The van der Waals surface area contributed by atoms with Crippen molar-refractivity contribution < 1.29 is 9.53 Å². The van der Waals surface area contributed by atoms with E-state index in [1.165, 1.54) is 5.69 Å². The number of allylic oxidation sites excluding steroid dienone is 1. The van der Waals surface area contributed by atoms with Gasteiger partial charge in [-0.1, -0.05) is 30.3 Å². The van der Waals surface area contributed by atoms with Gasteiger partial charge in [-0.15, -0.1) is 0 Å². The van der Waals surface area contributed by atoms with Crippen molar-refractivity contribution in [2.75, 3.05) is 25.1 Å². The van der Waals surface area contributed by atoms with Gasteiger partial charge in [-0.2, -0.15) is 0 Å². The van der Waals surface area contributed by atoms with Gasteiger partial charge in [0.05, 0.1) is 7.11 Å². The molecule has 3 heteroatoms. The average molecular weight is 309 g/mol. The molecule has 0 bridgehead atoms. The SMILES string of the molecule is CCN(CC)c1ccc(/C=C/C(=O)c2cccc(OC)c2)cc1. The van der Waals surface area contributed by atoms with Crippen LogP contribution in [0.1, 0.15) is 29.8 Å². The molecule has 0 heterocycles. The van der Waals surface area contributed by atoms with Crippen LogP contribution in [-0.2, 0) is 0 Å². The first-order chi connectivity index (χ1) is 11.2. The maximum Gasteiger partial charge on any atom is 0.185 e. The summed E-state index contributed by atoms with van der Waals surface area (Å²) in [5.74, 6) is 0.657. The molecule has 0 aliphatic rings. The van der Waals surface area contributed by atoms with Gasteiger partial charge in [0.25, 0.3) is 0 Å². The quantitative estimate of drug-likeness (QED) is 0.559. The van der Waals surface area contributed by atoms with Gasteiger partial charge >= 0.3 is 0 Å². The fourth-order valence-corrected chi connectivity index (χ4v) is 2.43. The van der Waals surface area contributed by atoms with Crippen molar-refractivity contribution in [3.05, 3.63) is 65.7 Å². The summed E-state index contributed by atoms with van der Waals surface area (Å²) in [5.41, 5.74) is 2.84. The molecular weight excluding hydrogens is 286 g/mol. The Labute approximate surface area is 138 Å². The smallest absolute Gasteiger partial charge is 0.185 e. The number of anilines is 1. The summed E-state index contributed by atoms with van der Waals surface area (Å²) in [6, 6.07) is 15.4. The predicted molar refractivity (Wildman–Crippen MR) is 96.4 cm³/mol. The fraction of sp³-hybridized carbons (Fsp3) is 0.250. The molecule has 0 saturated carbocycles. The first kappa shape index (κ1) is 16.8. The summed E-state index contributed by atoms with van der Waals surface area (Å²) in [7, 11) is 1.59. The van der Waals surface area contributed by atoms with Gasteiger partial charge in [0.1, 0.15) is 5.75 Å². The molecule has 120 valence electrons. The molecule has 0 amide bonds. The molecule has 0 atom stereocenters. The number of rotatable bonds is 7. The second-order valence-corrected chi connectivity index (χ2v) is 5.19. The minimum atomic E-state index is -0.0308. The van der Waals surface area contributed by atoms with Crippen molar-refractivity contribution >= 4 is 17.5 Å². The van der Waals surface area contributed by atoms with E-state index < -0.39 is 0 Å². The highest BCUT2D eigenvalue weighted by atomic mass is 16.5. The van der Waals surface area contributed by atoms with E-state index in [-0.39, 0.29) is 5.78 Å². The number of carbonyl (C=O) groups is 1. The van der Waals surface area contributed by atoms with Gasteiger partial charge in [-0.05, 0) is 49.8 Å². The van der Waals surface area contributed by atoms with Crippen molar-refractivity contribution in [2.24, 2.45) is 0 Å². The number of hydrogen-bond acceptors (Lipinski definition) is 3. The Hall–Kier alpha value is -2.55. The lowest BCUT2D eigenvalue weighted by molar-refractivity contribution is 0.104. The van der Waals surface area contributed by atoms with Crippen LogP contribution in [0.2, 0.25) is 0 Å². The third-order valence-corrected chi connectivity index (χ3v) is 3.80. The Morgan fingerprint density at radius 3 is 2.39 bits per heavy atom. The molecule has 2 aromatic carbocycles. The molecule has 3 nitrogen and oxygen atoms in total. The van der Waals surface area contributed by atoms with E-state index in [9.17, 15) is 4.79 Å². The van der Waals surface area contributed by atoms with Gasteiger partial charge < -0.3 is 9.64 Å². The second-order valence-electron chi connectivity index (χ2n) is 5.19. The fourth-order valence-electron chi connectivity index (χ4n) is 2.43. The number of ketones is 1.